The van der Waals surface area contributed by atoms with Crippen molar-refractivity contribution in [3.63, 3.8) is 0 Å². The lowest BCUT2D eigenvalue weighted by molar-refractivity contribution is 0.280. The lowest BCUT2D eigenvalue weighted by Gasteiger charge is -2.31. The number of rotatable bonds is 2. The van der Waals surface area contributed by atoms with E-state index in [-0.39, 0.29) is 5.41 Å². The van der Waals surface area contributed by atoms with Crippen LogP contribution in [0.3, 0.4) is 0 Å². The number of ether oxygens (including phenoxy) is 1. The predicted octanol–water partition coefficient (Wildman–Crippen LogP) is 3.47. The molecular weight excluding hydrogens is 184 g/mol. The molecule has 2 rings (SSSR count). The fraction of sp³-hybridized carbons (Fsp3) is 0.429. The molecule has 0 fully saturated rings. The van der Waals surface area contributed by atoms with Crippen molar-refractivity contribution in [2.24, 2.45) is 17.3 Å². The zero-order valence-electron chi connectivity index (χ0n) is 9.66. The quantitative estimate of drug-likeness (QED) is 0.666. The summed E-state index contributed by atoms with van der Waals surface area (Å²) in [6.45, 7) is 8.62. The summed E-state index contributed by atoms with van der Waals surface area (Å²) >= 11 is 0. The smallest absolute Gasteiger partial charge is 0.118 e. The van der Waals surface area contributed by atoms with Crippen molar-refractivity contribution >= 4 is 0 Å². The largest absolute Gasteiger partial charge is 0.497 e. The van der Waals surface area contributed by atoms with E-state index in [1.807, 2.05) is 0 Å². The lowest BCUT2D eigenvalue weighted by atomic mass is 9.72. The fourth-order valence-electron chi connectivity index (χ4n) is 2.46. The number of hydrogen-bond acceptors (Lipinski definition) is 1. The van der Waals surface area contributed by atoms with Gasteiger partial charge in [-0.25, -0.2) is 0 Å². The van der Waals surface area contributed by atoms with Crippen molar-refractivity contribution in [3.05, 3.63) is 48.3 Å². The molecule has 1 atom stereocenters. The van der Waals surface area contributed by atoms with E-state index in [2.05, 4.69) is 50.8 Å². The van der Waals surface area contributed by atoms with Crippen molar-refractivity contribution in [2.45, 2.75) is 13.8 Å². The highest BCUT2D eigenvalue weighted by atomic mass is 16.5. The van der Waals surface area contributed by atoms with Gasteiger partial charge in [0.25, 0.3) is 0 Å². The minimum absolute atomic E-state index is 0.0923. The molecule has 0 aromatic carbocycles. The second kappa shape index (κ2) is 3.41. The molecule has 0 radical (unpaired) electrons. The molecule has 0 aliphatic heterocycles. The van der Waals surface area contributed by atoms with Crippen LogP contribution in [0.5, 0.6) is 0 Å². The van der Waals surface area contributed by atoms with Gasteiger partial charge in [-0.3, -0.25) is 0 Å². The summed E-state index contributed by atoms with van der Waals surface area (Å²) in [6, 6.07) is 0. The first kappa shape index (κ1) is 10.3. The lowest BCUT2D eigenvalue weighted by Crippen LogP contribution is -2.24. The van der Waals surface area contributed by atoms with Crippen LogP contribution in [0, 0.1) is 17.3 Å². The Kier molecular flexibility index (Phi) is 2.34. The van der Waals surface area contributed by atoms with Gasteiger partial charge in [-0.1, -0.05) is 44.7 Å². The molecule has 0 N–H and O–H groups in total. The zero-order valence-corrected chi connectivity index (χ0v) is 9.66. The van der Waals surface area contributed by atoms with Gasteiger partial charge in [0.15, 0.2) is 0 Å². The zero-order chi connectivity index (χ0) is 11.1. The molecule has 2 aliphatic carbocycles. The van der Waals surface area contributed by atoms with Gasteiger partial charge in [0.05, 0.1) is 7.11 Å². The molecule has 0 spiro atoms. The van der Waals surface area contributed by atoms with Gasteiger partial charge < -0.3 is 4.74 Å². The molecule has 1 nitrogen and oxygen atoms in total. The van der Waals surface area contributed by atoms with Crippen molar-refractivity contribution in [1.29, 1.82) is 0 Å². The first-order valence-electron chi connectivity index (χ1n) is 5.38. The Bertz CT molecular complexity index is 357. The van der Waals surface area contributed by atoms with Crippen LogP contribution in [0.15, 0.2) is 48.3 Å². The van der Waals surface area contributed by atoms with E-state index in [9.17, 15) is 0 Å². The third-order valence-corrected chi connectivity index (χ3v) is 3.65. The Morgan fingerprint density at radius 2 is 1.87 bits per heavy atom. The molecule has 80 valence electrons. The van der Waals surface area contributed by atoms with E-state index in [1.54, 1.807) is 7.11 Å². The average Bonchev–Trinajstić information content (AvgIpc) is 2.76. The number of allylic oxidation sites excluding steroid dienone is 6. The fourth-order valence-corrected chi connectivity index (χ4v) is 2.46. The molecule has 2 aliphatic rings. The highest BCUT2D eigenvalue weighted by Gasteiger charge is 2.41. The first-order valence-corrected chi connectivity index (χ1v) is 5.38. The van der Waals surface area contributed by atoms with Gasteiger partial charge in [-0.05, 0) is 23.0 Å². The summed E-state index contributed by atoms with van der Waals surface area (Å²) in [6.07, 6.45) is 10.9. The molecule has 0 saturated carbocycles. The third-order valence-electron chi connectivity index (χ3n) is 3.65. The summed E-state index contributed by atoms with van der Waals surface area (Å²) in [7, 11) is 1.72. The van der Waals surface area contributed by atoms with E-state index in [4.69, 9.17) is 4.74 Å². The standard InChI is InChI=1S/C14H18O/c1-10-13(15-4)9-12(14(10,2)3)11-7-5-6-8-11/h5-9,11-12H,1H2,2-4H3/t12-/m0/s1. The highest BCUT2D eigenvalue weighted by molar-refractivity contribution is 5.40. The van der Waals surface area contributed by atoms with E-state index >= 15 is 0 Å². The van der Waals surface area contributed by atoms with Gasteiger partial charge in [-0.2, -0.15) is 0 Å². The molecule has 0 heterocycles. The van der Waals surface area contributed by atoms with Crippen molar-refractivity contribution in [1.82, 2.24) is 0 Å². The van der Waals surface area contributed by atoms with E-state index in [0.29, 0.717) is 11.8 Å². The van der Waals surface area contributed by atoms with Gasteiger partial charge in [0.1, 0.15) is 5.76 Å². The minimum Gasteiger partial charge on any atom is -0.497 e. The summed E-state index contributed by atoms with van der Waals surface area (Å²) in [4.78, 5) is 0. The topological polar surface area (TPSA) is 9.23 Å². The number of hydrogen-bond donors (Lipinski definition) is 0. The van der Waals surface area contributed by atoms with Crippen molar-refractivity contribution in [2.75, 3.05) is 7.11 Å². The van der Waals surface area contributed by atoms with E-state index in [0.717, 1.165) is 11.3 Å². The Morgan fingerprint density at radius 1 is 1.27 bits per heavy atom. The van der Waals surface area contributed by atoms with Crippen LogP contribution in [0.4, 0.5) is 0 Å². The second-order valence-electron chi connectivity index (χ2n) is 4.81. The maximum atomic E-state index is 5.36. The maximum absolute atomic E-state index is 5.36. The molecule has 0 amide bonds. The Balaban J connectivity index is 2.32. The van der Waals surface area contributed by atoms with E-state index < -0.39 is 0 Å². The minimum atomic E-state index is 0.0923. The molecule has 0 unspecified atom stereocenters. The summed E-state index contributed by atoms with van der Waals surface area (Å²) in [5.74, 6) is 1.91. The Hall–Kier alpha value is -1.24. The molecule has 0 aromatic rings. The SMILES string of the molecule is C=C1C(OC)=C[C@@H](C2C=CC=C2)C1(C)C. The number of methoxy groups -OCH3 is 1. The van der Waals surface area contributed by atoms with Crippen LogP contribution in [0.1, 0.15) is 13.8 Å². The van der Waals surface area contributed by atoms with Gasteiger partial charge >= 0.3 is 0 Å². The van der Waals surface area contributed by atoms with Crippen LogP contribution < -0.4 is 0 Å². The summed E-state index contributed by atoms with van der Waals surface area (Å²) < 4.78 is 5.36. The predicted molar refractivity (Wildman–Crippen MR) is 63.3 cm³/mol. The molecule has 0 bridgehead atoms. The molecule has 0 saturated heterocycles. The monoisotopic (exact) mass is 202 g/mol. The van der Waals surface area contributed by atoms with Crippen molar-refractivity contribution in [3.8, 4) is 0 Å². The van der Waals surface area contributed by atoms with Gasteiger partial charge in [-0.15, -0.1) is 0 Å². The Labute approximate surface area is 91.8 Å². The van der Waals surface area contributed by atoms with Crippen molar-refractivity contribution < 1.29 is 4.74 Å². The summed E-state index contributed by atoms with van der Waals surface area (Å²) in [5, 5.41) is 0. The van der Waals surface area contributed by atoms with E-state index in [1.165, 1.54) is 0 Å². The second-order valence-corrected chi connectivity index (χ2v) is 4.81. The van der Waals surface area contributed by atoms with Crippen LogP contribution in [-0.2, 0) is 4.74 Å². The molecular formula is C14H18O. The Morgan fingerprint density at radius 3 is 2.33 bits per heavy atom. The van der Waals surface area contributed by atoms with Gasteiger partial charge in [0, 0.05) is 5.92 Å². The van der Waals surface area contributed by atoms with Crippen LogP contribution in [0.2, 0.25) is 0 Å². The average molecular weight is 202 g/mol. The molecule has 1 heteroatoms. The van der Waals surface area contributed by atoms with Crippen LogP contribution >= 0.6 is 0 Å². The maximum Gasteiger partial charge on any atom is 0.118 e. The van der Waals surface area contributed by atoms with Crippen LogP contribution in [0.25, 0.3) is 0 Å². The van der Waals surface area contributed by atoms with Gasteiger partial charge in [0.2, 0.25) is 0 Å². The third kappa shape index (κ3) is 1.46. The highest BCUT2D eigenvalue weighted by Crippen LogP contribution is 2.49. The summed E-state index contributed by atoms with van der Waals surface area (Å²) in [5.41, 5.74) is 1.21. The first-order chi connectivity index (χ1) is 7.07. The molecule has 0 aromatic heterocycles. The molecule has 15 heavy (non-hydrogen) atoms. The van der Waals surface area contributed by atoms with Crippen LogP contribution in [-0.4, -0.2) is 7.11 Å². The normalized spacial score (nSPS) is 28.6.